The summed E-state index contributed by atoms with van der Waals surface area (Å²) in [5, 5.41) is 12.3. The van der Waals surface area contributed by atoms with E-state index >= 15 is 0 Å². The zero-order chi connectivity index (χ0) is 19.9. The Morgan fingerprint density at radius 2 is 2.11 bits per heavy atom. The van der Waals surface area contributed by atoms with E-state index in [9.17, 15) is 4.79 Å². The minimum Gasteiger partial charge on any atom is -0.383 e. The molecule has 2 aromatic heterocycles. The maximum atomic E-state index is 12.6. The van der Waals surface area contributed by atoms with E-state index in [-0.39, 0.29) is 11.6 Å². The van der Waals surface area contributed by atoms with Gasteiger partial charge in [-0.15, -0.1) is 5.10 Å². The smallest absolute Gasteiger partial charge is 0.273 e. The number of carbonyl (C=O) groups excluding carboxylic acids is 1. The van der Waals surface area contributed by atoms with Gasteiger partial charge >= 0.3 is 0 Å². The van der Waals surface area contributed by atoms with Crippen molar-refractivity contribution in [1.82, 2.24) is 30.3 Å². The molecule has 8 nitrogen and oxygen atoms in total. The van der Waals surface area contributed by atoms with Crippen molar-refractivity contribution < 1.29 is 9.53 Å². The van der Waals surface area contributed by atoms with Gasteiger partial charge in [0.05, 0.1) is 18.0 Å². The number of halogens is 1. The fraction of sp³-hybridized carbons (Fsp3) is 0.278. The number of benzene rings is 1. The van der Waals surface area contributed by atoms with Crippen molar-refractivity contribution >= 4 is 29.3 Å². The molecular formula is C18H19ClN6O2S. The van der Waals surface area contributed by atoms with Crippen LogP contribution in [-0.4, -0.2) is 51.1 Å². The largest absolute Gasteiger partial charge is 0.383 e. The Labute approximate surface area is 171 Å². The van der Waals surface area contributed by atoms with Crippen molar-refractivity contribution in [3.05, 3.63) is 58.6 Å². The topological polar surface area (TPSA) is 94.8 Å². The average Bonchev–Trinajstić information content (AvgIpc) is 3.13. The first-order valence-electron chi connectivity index (χ1n) is 8.48. The Balaban J connectivity index is 1.92. The molecule has 0 unspecified atom stereocenters. The van der Waals surface area contributed by atoms with Crippen molar-refractivity contribution in [2.24, 2.45) is 0 Å². The number of nitrogens with one attached hydrogen (secondary N) is 1. The molecule has 1 amide bonds. The first-order valence-corrected chi connectivity index (χ1v) is 9.84. The number of carbonyl (C=O) groups is 1. The summed E-state index contributed by atoms with van der Waals surface area (Å²) in [6.07, 6.45) is 3.34. The van der Waals surface area contributed by atoms with Crippen LogP contribution in [0.3, 0.4) is 0 Å². The van der Waals surface area contributed by atoms with E-state index in [1.807, 2.05) is 19.1 Å². The molecule has 0 spiro atoms. The Bertz CT molecular complexity index is 951. The first-order chi connectivity index (χ1) is 13.6. The zero-order valence-electron chi connectivity index (χ0n) is 15.4. The fourth-order valence-corrected chi connectivity index (χ4v) is 3.34. The Kier molecular flexibility index (Phi) is 6.96. The van der Waals surface area contributed by atoms with Crippen molar-refractivity contribution in [3.63, 3.8) is 0 Å². The highest BCUT2D eigenvalue weighted by Crippen LogP contribution is 2.25. The number of aromatic nitrogens is 5. The second kappa shape index (κ2) is 9.63. The van der Waals surface area contributed by atoms with Gasteiger partial charge in [0.2, 0.25) is 0 Å². The van der Waals surface area contributed by atoms with E-state index in [1.165, 1.54) is 11.8 Å². The van der Waals surface area contributed by atoms with Crippen LogP contribution in [-0.2, 0) is 10.5 Å². The van der Waals surface area contributed by atoms with Crippen LogP contribution in [0.4, 0.5) is 0 Å². The Morgan fingerprint density at radius 1 is 1.32 bits per heavy atom. The number of hydrogen-bond acceptors (Lipinski definition) is 7. The summed E-state index contributed by atoms with van der Waals surface area (Å²) in [7, 11) is 1.57. The summed E-state index contributed by atoms with van der Waals surface area (Å²) in [6, 6.07) is 7.33. The van der Waals surface area contributed by atoms with E-state index in [2.05, 4.69) is 25.6 Å². The van der Waals surface area contributed by atoms with Gasteiger partial charge in [-0.25, -0.2) is 14.6 Å². The van der Waals surface area contributed by atoms with Crippen LogP contribution in [0, 0.1) is 6.92 Å². The van der Waals surface area contributed by atoms with Gasteiger partial charge < -0.3 is 10.1 Å². The third kappa shape index (κ3) is 4.86. The summed E-state index contributed by atoms with van der Waals surface area (Å²) >= 11 is 7.66. The van der Waals surface area contributed by atoms with Gasteiger partial charge in [0.1, 0.15) is 0 Å². The third-order valence-electron chi connectivity index (χ3n) is 3.85. The molecule has 0 fully saturated rings. The summed E-state index contributed by atoms with van der Waals surface area (Å²) in [6.45, 7) is 2.72. The van der Waals surface area contributed by atoms with Gasteiger partial charge in [0, 0.05) is 36.8 Å². The van der Waals surface area contributed by atoms with Gasteiger partial charge in [-0.3, -0.25) is 4.79 Å². The normalized spacial score (nSPS) is 10.8. The maximum Gasteiger partial charge on any atom is 0.273 e. The lowest BCUT2D eigenvalue weighted by Gasteiger charge is -2.09. The number of nitrogens with zero attached hydrogens (tertiary/aromatic N) is 5. The zero-order valence-corrected chi connectivity index (χ0v) is 17.0. The van der Waals surface area contributed by atoms with Gasteiger partial charge in [-0.2, -0.15) is 0 Å². The van der Waals surface area contributed by atoms with Crippen molar-refractivity contribution in [2.75, 3.05) is 20.3 Å². The average molecular weight is 419 g/mol. The summed E-state index contributed by atoms with van der Waals surface area (Å²) < 4.78 is 6.59. The lowest BCUT2D eigenvalue weighted by molar-refractivity contribution is 0.0931. The number of amides is 1. The summed E-state index contributed by atoms with van der Waals surface area (Å²) in [5.41, 5.74) is 2.56. The van der Waals surface area contributed by atoms with Gasteiger partial charge in [-0.05, 0) is 30.7 Å². The monoisotopic (exact) mass is 418 g/mol. The molecule has 0 aliphatic heterocycles. The molecule has 1 N–H and O–H groups in total. The number of aryl methyl sites for hydroxylation is 1. The van der Waals surface area contributed by atoms with E-state index in [0.29, 0.717) is 34.8 Å². The summed E-state index contributed by atoms with van der Waals surface area (Å²) in [5.74, 6) is 0.0984. The minimum absolute atomic E-state index is 0.247. The number of thioether (sulfide) groups is 1. The number of ether oxygens (including phenoxy) is 1. The van der Waals surface area contributed by atoms with Crippen LogP contribution in [0.15, 0.2) is 41.8 Å². The van der Waals surface area contributed by atoms with Crippen LogP contribution in [0.1, 0.15) is 21.7 Å². The molecule has 0 bridgehead atoms. The molecule has 0 aliphatic rings. The molecule has 0 saturated carbocycles. The van der Waals surface area contributed by atoms with Gasteiger partial charge in [0.25, 0.3) is 5.91 Å². The lowest BCUT2D eigenvalue weighted by Crippen LogP contribution is -2.28. The van der Waals surface area contributed by atoms with Crippen molar-refractivity contribution in [3.8, 4) is 5.69 Å². The Hall–Kier alpha value is -2.49. The predicted molar refractivity (Wildman–Crippen MR) is 107 cm³/mol. The Morgan fingerprint density at radius 3 is 2.82 bits per heavy atom. The lowest BCUT2D eigenvalue weighted by atomic mass is 10.2. The quantitative estimate of drug-likeness (QED) is 0.341. The molecule has 28 heavy (non-hydrogen) atoms. The molecule has 146 valence electrons. The van der Waals surface area contributed by atoms with Crippen LogP contribution < -0.4 is 5.32 Å². The number of rotatable bonds is 8. The highest BCUT2D eigenvalue weighted by molar-refractivity contribution is 7.98. The minimum atomic E-state index is -0.314. The molecule has 0 saturated heterocycles. The van der Waals surface area contributed by atoms with Crippen LogP contribution >= 0.6 is 23.4 Å². The third-order valence-corrected chi connectivity index (χ3v) is 5.14. The van der Waals surface area contributed by atoms with Gasteiger partial charge in [0.15, 0.2) is 10.9 Å². The molecule has 0 atom stereocenters. The molecule has 10 heteroatoms. The predicted octanol–water partition coefficient (Wildman–Crippen LogP) is 2.69. The van der Waals surface area contributed by atoms with E-state index in [1.54, 1.807) is 36.3 Å². The number of methoxy groups -OCH3 is 1. The van der Waals surface area contributed by atoms with Crippen molar-refractivity contribution in [1.29, 1.82) is 0 Å². The molecule has 3 aromatic rings. The van der Waals surface area contributed by atoms with E-state index < -0.39 is 0 Å². The molecule has 1 aromatic carbocycles. The van der Waals surface area contributed by atoms with Gasteiger partial charge in [-0.1, -0.05) is 34.6 Å². The summed E-state index contributed by atoms with van der Waals surface area (Å²) in [4.78, 5) is 21.0. The fourth-order valence-electron chi connectivity index (χ4n) is 2.37. The molecular weight excluding hydrogens is 400 g/mol. The molecule has 0 radical (unpaired) electrons. The first kappa shape index (κ1) is 20.2. The molecule has 2 heterocycles. The van der Waals surface area contributed by atoms with Crippen LogP contribution in [0.2, 0.25) is 5.02 Å². The second-order valence-corrected chi connectivity index (χ2v) is 7.15. The van der Waals surface area contributed by atoms with E-state index in [4.69, 9.17) is 16.3 Å². The standard InChI is InChI=1S/C18H19ClN6O2S/c1-12-4-5-13(10-14(12)19)25-15(11-28-18-21-6-3-7-22-18)16(23-24-25)17(26)20-8-9-27-2/h3-7,10H,8-9,11H2,1-2H3,(H,20,26). The van der Waals surface area contributed by atoms with Crippen LogP contribution in [0.25, 0.3) is 5.69 Å². The highest BCUT2D eigenvalue weighted by Gasteiger charge is 2.21. The van der Waals surface area contributed by atoms with Crippen LogP contribution in [0.5, 0.6) is 0 Å². The van der Waals surface area contributed by atoms with Crippen molar-refractivity contribution in [2.45, 2.75) is 17.8 Å². The maximum absolute atomic E-state index is 12.6. The number of hydrogen-bond donors (Lipinski definition) is 1. The molecule has 3 rings (SSSR count). The van der Waals surface area contributed by atoms with E-state index in [0.717, 1.165) is 11.3 Å². The highest BCUT2D eigenvalue weighted by atomic mass is 35.5. The molecule has 0 aliphatic carbocycles. The second-order valence-electron chi connectivity index (χ2n) is 5.80. The SMILES string of the molecule is COCCNC(=O)c1nnn(-c2ccc(C)c(Cl)c2)c1CSc1ncccn1.